The fourth-order valence-electron chi connectivity index (χ4n) is 1.43. The van der Waals surface area contributed by atoms with Crippen LogP contribution in [0.4, 0.5) is 10.1 Å². The van der Waals surface area contributed by atoms with E-state index in [4.69, 9.17) is 5.11 Å². The fraction of sp³-hybridized carbons (Fsp3) is 0.167. The van der Waals surface area contributed by atoms with E-state index < -0.39 is 5.82 Å². The Balaban J connectivity index is 2.07. The predicted octanol–water partition coefficient (Wildman–Crippen LogP) is -0.205. The second kappa shape index (κ2) is 6.40. The maximum Gasteiger partial charge on any atom is 0.246 e. The van der Waals surface area contributed by atoms with Gasteiger partial charge in [0.25, 0.3) is 0 Å². The highest BCUT2D eigenvalue weighted by molar-refractivity contribution is 5.90. The highest BCUT2D eigenvalue weighted by Crippen LogP contribution is 2.14. The van der Waals surface area contributed by atoms with Gasteiger partial charge in [0.15, 0.2) is 0 Å². The van der Waals surface area contributed by atoms with Gasteiger partial charge >= 0.3 is 0 Å². The molecule has 0 aliphatic rings. The summed E-state index contributed by atoms with van der Waals surface area (Å²) in [6, 6.07) is 3.99. The number of carbonyl (C=O) groups excluding carboxylic acids is 1. The number of nitrogens with zero attached hydrogens (tertiary/aromatic N) is 4. The van der Waals surface area contributed by atoms with Crippen molar-refractivity contribution in [3.63, 3.8) is 0 Å². The zero-order valence-corrected chi connectivity index (χ0v) is 10.2. The van der Waals surface area contributed by atoms with E-state index in [0.29, 0.717) is 5.69 Å². The smallest absolute Gasteiger partial charge is 0.246 e. The monoisotopic (exact) mass is 275 g/mol. The van der Waals surface area contributed by atoms with E-state index in [2.05, 4.69) is 32.7 Å². The molecule has 0 radical (unpaired) electrons. The van der Waals surface area contributed by atoms with Crippen LogP contribution in [0.2, 0.25) is 0 Å². The second-order valence-electron chi connectivity index (χ2n) is 3.71. The van der Waals surface area contributed by atoms with Gasteiger partial charge in [-0.1, -0.05) is 11.8 Å². The topological polar surface area (TPSA) is 92.9 Å². The Labute approximate surface area is 113 Å². The van der Waals surface area contributed by atoms with Gasteiger partial charge in [0, 0.05) is 5.69 Å². The first-order valence-corrected chi connectivity index (χ1v) is 5.59. The molecule has 1 aromatic carbocycles. The molecule has 0 saturated carbocycles. The summed E-state index contributed by atoms with van der Waals surface area (Å²) < 4.78 is 14.7. The Bertz CT molecular complexity index is 660. The number of tetrazole rings is 1. The van der Waals surface area contributed by atoms with E-state index in [1.165, 1.54) is 29.2 Å². The number of benzene rings is 1. The minimum atomic E-state index is -0.524. The quantitative estimate of drug-likeness (QED) is 0.756. The third-order valence-electron chi connectivity index (χ3n) is 2.25. The molecule has 1 heterocycles. The molecule has 0 spiro atoms. The molecule has 2 aromatic rings. The minimum absolute atomic E-state index is 0.0535. The molecule has 2 rings (SSSR count). The van der Waals surface area contributed by atoms with Crippen LogP contribution in [-0.2, 0) is 11.3 Å². The van der Waals surface area contributed by atoms with E-state index in [0.717, 1.165) is 0 Å². The number of amides is 1. The number of aromatic nitrogens is 4. The maximum absolute atomic E-state index is 13.4. The molecule has 0 fully saturated rings. The first-order valence-electron chi connectivity index (χ1n) is 5.59. The molecule has 8 heteroatoms. The second-order valence-corrected chi connectivity index (χ2v) is 3.71. The summed E-state index contributed by atoms with van der Waals surface area (Å²) in [7, 11) is 0. The van der Waals surface area contributed by atoms with Crippen LogP contribution in [0.5, 0.6) is 0 Å². The van der Waals surface area contributed by atoms with Gasteiger partial charge < -0.3 is 10.4 Å². The van der Waals surface area contributed by atoms with Gasteiger partial charge in [-0.05, 0) is 28.6 Å². The summed E-state index contributed by atoms with van der Waals surface area (Å²) in [6.45, 7) is -0.419. The predicted molar refractivity (Wildman–Crippen MR) is 66.8 cm³/mol. The number of hydrogen-bond acceptors (Lipinski definition) is 5. The van der Waals surface area contributed by atoms with Crippen LogP contribution >= 0.6 is 0 Å². The summed E-state index contributed by atoms with van der Waals surface area (Å²) in [5, 5.41) is 21.5. The van der Waals surface area contributed by atoms with Crippen molar-refractivity contribution in [3.05, 3.63) is 35.9 Å². The van der Waals surface area contributed by atoms with Crippen LogP contribution in [-0.4, -0.2) is 37.8 Å². The average molecular weight is 275 g/mol. The fourth-order valence-corrected chi connectivity index (χ4v) is 1.43. The van der Waals surface area contributed by atoms with Crippen molar-refractivity contribution in [2.24, 2.45) is 0 Å². The van der Waals surface area contributed by atoms with Crippen LogP contribution in [0.25, 0.3) is 0 Å². The summed E-state index contributed by atoms with van der Waals surface area (Å²) in [6.07, 6.45) is 1.31. The third kappa shape index (κ3) is 3.60. The number of anilines is 1. The lowest BCUT2D eigenvalue weighted by molar-refractivity contribution is -0.116. The largest absolute Gasteiger partial charge is 0.384 e. The lowest BCUT2D eigenvalue weighted by Gasteiger charge is -2.05. The third-order valence-corrected chi connectivity index (χ3v) is 2.25. The van der Waals surface area contributed by atoms with E-state index in [9.17, 15) is 9.18 Å². The molecule has 1 aromatic heterocycles. The van der Waals surface area contributed by atoms with Crippen molar-refractivity contribution >= 4 is 11.6 Å². The Morgan fingerprint density at radius 2 is 2.35 bits per heavy atom. The molecule has 102 valence electrons. The van der Waals surface area contributed by atoms with Crippen molar-refractivity contribution < 1.29 is 14.3 Å². The first kappa shape index (κ1) is 13.6. The van der Waals surface area contributed by atoms with Crippen molar-refractivity contribution in [1.82, 2.24) is 20.2 Å². The molecule has 0 saturated heterocycles. The molecule has 0 aliphatic carbocycles. The molecule has 2 N–H and O–H groups in total. The SMILES string of the molecule is O=C(Cn1cnnn1)Nc1ccc(F)c(C#CCO)c1. The van der Waals surface area contributed by atoms with Gasteiger partial charge in [-0.3, -0.25) is 4.79 Å². The molecule has 20 heavy (non-hydrogen) atoms. The number of nitrogens with one attached hydrogen (secondary N) is 1. The Hall–Kier alpha value is -2.79. The van der Waals surface area contributed by atoms with Gasteiger partial charge in [0.2, 0.25) is 5.91 Å². The van der Waals surface area contributed by atoms with Crippen LogP contribution in [0.1, 0.15) is 5.56 Å². The van der Waals surface area contributed by atoms with Crippen molar-refractivity contribution in [1.29, 1.82) is 0 Å². The van der Waals surface area contributed by atoms with Crippen molar-refractivity contribution in [3.8, 4) is 11.8 Å². The number of hydrogen-bond donors (Lipinski definition) is 2. The maximum atomic E-state index is 13.4. The zero-order chi connectivity index (χ0) is 14.4. The zero-order valence-electron chi connectivity index (χ0n) is 10.2. The number of halogens is 1. The molecule has 0 aliphatic heterocycles. The van der Waals surface area contributed by atoms with Crippen LogP contribution < -0.4 is 5.32 Å². The summed E-state index contributed by atoms with van der Waals surface area (Å²) in [5.74, 6) is 3.92. The summed E-state index contributed by atoms with van der Waals surface area (Å²) in [5.41, 5.74) is 0.492. The molecule has 0 unspecified atom stereocenters. The molecular weight excluding hydrogens is 265 g/mol. The lowest BCUT2D eigenvalue weighted by Crippen LogP contribution is -2.19. The van der Waals surface area contributed by atoms with Gasteiger partial charge in [0.05, 0.1) is 5.56 Å². The van der Waals surface area contributed by atoms with Crippen LogP contribution in [0.15, 0.2) is 24.5 Å². The van der Waals surface area contributed by atoms with Gasteiger partial charge in [-0.15, -0.1) is 5.10 Å². The molecule has 7 nitrogen and oxygen atoms in total. The van der Waals surface area contributed by atoms with E-state index in [1.54, 1.807) is 0 Å². The molecule has 0 atom stereocenters. The van der Waals surface area contributed by atoms with Gasteiger partial charge in [-0.25, -0.2) is 9.07 Å². The summed E-state index contributed by atoms with van der Waals surface area (Å²) in [4.78, 5) is 11.7. The number of carbonyl (C=O) groups is 1. The average Bonchev–Trinajstić information content (AvgIpc) is 2.92. The lowest BCUT2D eigenvalue weighted by atomic mass is 10.2. The highest BCUT2D eigenvalue weighted by atomic mass is 19.1. The first-order chi connectivity index (χ1) is 9.69. The normalized spacial score (nSPS) is 9.70. The van der Waals surface area contributed by atoms with Gasteiger partial charge in [0.1, 0.15) is 25.3 Å². The van der Waals surface area contributed by atoms with E-state index in [1.807, 2.05) is 0 Å². The Morgan fingerprint density at radius 3 is 3.05 bits per heavy atom. The standard InChI is InChI=1S/C12H10FN5O2/c13-11-4-3-10(6-9(11)2-1-5-19)15-12(20)7-18-8-14-16-17-18/h3-4,6,8,19H,5,7H2,(H,15,20). The van der Waals surface area contributed by atoms with Crippen LogP contribution in [0, 0.1) is 17.7 Å². The number of aliphatic hydroxyl groups is 1. The van der Waals surface area contributed by atoms with E-state index >= 15 is 0 Å². The number of rotatable bonds is 3. The minimum Gasteiger partial charge on any atom is -0.384 e. The molecule has 1 amide bonds. The van der Waals surface area contributed by atoms with E-state index in [-0.39, 0.29) is 24.6 Å². The van der Waals surface area contributed by atoms with Crippen molar-refractivity contribution in [2.45, 2.75) is 6.54 Å². The summed E-state index contributed by atoms with van der Waals surface area (Å²) >= 11 is 0. The Morgan fingerprint density at radius 1 is 1.50 bits per heavy atom. The Kier molecular flexibility index (Phi) is 4.36. The number of aliphatic hydroxyl groups excluding tert-OH is 1. The molecule has 0 bridgehead atoms. The van der Waals surface area contributed by atoms with Crippen LogP contribution in [0.3, 0.4) is 0 Å². The molecular formula is C12H10FN5O2. The highest BCUT2D eigenvalue weighted by Gasteiger charge is 2.06. The van der Waals surface area contributed by atoms with Gasteiger partial charge in [-0.2, -0.15) is 0 Å². The van der Waals surface area contributed by atoms with Crippen molar-refractivity contribution in [2.75, 3.05) is 11.9 Å².